The molecule has 0 N–H and O–H groups in total. The highest BCUT2D eigenvalue weighted by atomic mass is 16.5. The predicted octanol–water partition coefficient (Wildman–Crippen LogP) is 4.25. The van der Waals surface area contributed by atoms with Crippen LogP contribution in [0.15, 0.2) is 18.2 Å². The molecule has 114 valence electrons. The lowest BCUT2D eigenvalue weighted by Gasteiger charge is -2.27. The van der Waals surface area contributed by atoms with Crippen LogP contribution in [-0.2, 0) is 4.79 Å². The number of nitrogens with zero attached hydrogens (tertiary/aromatic N) is 1. The molecule has 21 heavy (non-hydrogen) atoms. The number of Topliss-reactive ketones (excluding diaryl/α,β-unsaturated/α-hetero) is 1. The molecular formula is C18H25NO2. The van der Waals surface area contributed by atoms with Crippen molar-refractivity contribution in [2.45, 2.75) is 47.0 Å². The number of methoxy groups -OCH3 is 1. The van der Waals surface area contributed by atoms with Crippen LogP contribution < -0.4 is 4.74 Å². The zero-order valence-electron chi connectivity index (χ0n) is 13.9. The number of benzene rings is 1. The van der Waals surface area contributed by atoms with Crippen molar-refractivity contribution >= 4 is 5.78 Å². The van der Waals surface area contributed by atoms with E-state index in [0.29, 0.717) is 17.7 Å². The molecule has 0 saturated carbocycles. The average molecular weight is 287 g/mol. The standard InChI is InChI=1S/C18H25NO2/c1-12-7-8-14(10-17(12)21-6)15(11-19)16(20)9-13(2)18(3,4)5/h7-8,10,13,15H,9H2,1-6H3. The summed E-state index contributed by atoms with van der Waals surface area (Å²) in [6.45, 7) is 10.3. The fraction of sp³-hybridized carbons (Fsp3) is 0.556. The number of carbonyl (C=O) groups excluding carboxylic acids is 1. The molecule has 2 atom stereocenters. The normalized spacial score (nSPS) is 14.1. The summed E-state index contributed by atoms with van der Waals surface area (Å²) in [7, 11) is 1.59. The van der Waals surface area contributed by atoms with Crippen LogP contribution in [0.25, 0.3) is 0 Å². The zero-order valence-corrected chi connectivity index (χ0v) is 13.9. The van der Waals surface area contributed by atoms with Crippen molar-refractivity contribution < 1.29 is 9.53 Å². The molecule has 0 radical (unpaired) electrons. The maximum absolute atomic E-state index is 12.5. The van der Waals surface area contributed by atoms with E-state index >= 15 is 0 Å². The molecule has 0 heterocycles. The first kappa shape index (κ1) is 17.2. The molecule has 3 nitrogen and oxygen atoms in total. The third kappa shape index (κ3) is 4.32. The lowest BCUT2D eigenvalue weighted by molar-refractivity contribution is -0.120. The van der Waals surface area contributed by atoms with E-state index in [1.165, 1.54) is 0 Å². The summed E-state index contributed by atoms with van der Waals surface area (Å²) >= 11 is 0. The molecule has 1 aromatic carbocycles. The topological polar surface area (TPSA) is 50.1 Å². The van der Waals surface area contributed by atoms with Crippen LogP contribution in [-0.4, -0.2) is 12.9 Å². The van der Waals surface area contributed by atoms with E-state index < -0.39 is 5.92 Å². The first-order valence-electron chi connectivity index (χ1n) is 7.27. The Kier molecular flexibility index (Phi) is 5.54. The Bertz CT molecular complexity index is 549. The Morgan fingerprint density at radius 3 is 2.48 bits per heavy atom. The number of ether oxygens (including phenoxy) is 1. The molecule has 0 spiro atoms. The monoisotopic (exact) mass is 287 g/mol. The Morgan fingerprint density at radius 1 is 1.38 bits per heavy atom. The SMILES string of the molecule is COc1cc(C(C#N)C(=O)CC(C)C(C)(C)C)ccc1C. The average Bonchev–Trinajstić information content (AvgIpc) is 2.40. The first-order valence-corrected chi connectivity index (χ1v) is 7.27. The molecule has 3 heteroatoms. The van der Waals surface area contributed by atoms with Crippen LogP contribution in [0.2, 0.25) is 0 Å². The Morgan fingerprint density at radius 2 is 2.00 bits per heavy atom. The quantitative estimate of drug-likeness (QED) is 0.813. The molecule has 1 aromatic rings. The van der Waals surface area contributed by atoms with Crippen LogP contribution in [0.5, 0.6) is 5.75 Å². The second-order valence-corrected chi connectivity index (χ2v) is 6.73. The van der Waals surface area contributed by atoms with Gasteiger partial charge >= 0.3 is 0 Å². The third-order valence-electron chi connectivity index (χ3n) is 4.20. The van der Waals surface area contributed by atoms with Crippen molar-refractivity contribution in [3.05, 3.63) is 29.3 Å². The van der Waals surface area contributed by atoms with Crippen molar-refractivity contribution in [2.24, 2.45) is 11.3 Å². The minimum absolute atomic E-state index is 0.0224. The number of nitriles is 1. The van der Waals surface area contributed by atoms with Crippen LogP contribution in [0, 0.1) is 29.6 Å². The molecule has 0 aliphatic rings. The van der Waals surface area contributed by atoms with Gasteiger partial charge in [0.1, 0.15) is 11.7 Å². The molecule has 0 bridgehead atoms. The van der Waals surface area contributed by atoms with Crippen LogP contribution in [0.3, 0.4) is 0 Å². The van der Waals surface area contributed by atoms with Gasteiger partial charge < -0.3 is 4.74 Å². The Labute approximate surface area is 127 Å². The van der Waals surface area contributed by atoms with Gasteiger partial charge in [-0.25, -0.2) is 0 Å². The highest BCUT2D eigenvalue weighted by Gasteiger charge is 2.27. The summed E-state index contributed by atoms with van der Waals surface area (Å²) in [5.74, 6) is 0.202. The van der Waals surface area contributed by atoms with Crippen molar-refractivity contribution in [1.29, 1.82) is 5.26 Å². The number of rotatable bonds is 5. The van der Waals surface area contributed by atoms with Gasteiger partial charge in [0.2, 0.25) is 0 Å². The zero-order chi connectivity index (χ0) is 16.2. The van der Waals surface area contributed by atoms with E-state index in [9.17, 15) is 10.1 Å². The maximum atomic E-state index is 12.5. The summed E-state index contributed by atoms with van der Waals surface area (Å²) in [5.41, 5.74) is 1.76. The largest absolute Gasteiger partial charge is 0.496 e. The first-order chi connectivity index (χ1) is 9.70. The van der Waals surface area contributed by atoms with E-state index in [4.69, 9.17) is 4.74 Å². The van der Waals surface area contributed by atoms with E-state index in [0.717, 1.165) is 5.56 Å². The van der Waals surface area contributed by atoms with Gasteiger partial charge in [-0.1, -0.05) is 39.8 Å². The molecular weight excluding hydrogens is 262 g/mol. The van der Waals surface area contributed by atoms with E-state index in [-0.39, 0.29) is 17.1 Å². The third-order valence-corrected chi connectivity index (χ3v) is 4.20. The smallest absolute Gasteiger partial charge is 0.154 e. The van der Waals surface area contributed by atoms with Gasteiger partial charge in [0, 0.05) is 6.42 Å². The fourth-order valence-corrected chi connectivity index (χ4v) is 2.07. The summed E-state index contributed by atoms with van der Waals surface area (Å²) in [4.78, 5) is 12.5. The molecule has 0 amide bonds. The second kappa shape index (κ2) is 6.76. The van der Waals surface area contributed by atoms with Gasteiger partial charge in [-0.3, -0.25) is 4.79 Å². The van der Waals surface area contributed by atoms with Gasteiger partial charge in [-0.05, 0) is 35.4 Å². The van der Waals surface area contributed by atoms with Gasteiger partial charge in [0.15, 0.2) is 5.78 Å². The van der Waals surface area contributed by atoms with E-state index in [1.54, 1.807) is 13.2 Å². The minimum atomic E-state index is -0.718. The highest BCUT2D eigenvalue weighted by molar-refractivity contribution is 5.88. The molecule has 1 rings (SSSR count). The van der Waals surface area contributed by atoms with Crippen LogP contribution in [0.1, 0.15) is 51.2 Å². The number of aryl methyl sites for hydroxylation is 1. The fourth-order valence-electron chi connectivity index (χ4n) is 2.07. The minimum Gasteiger partial charge on any atom is -0.496 e. The second-order valence-electron chi connectivity index (χ2n) is 6.73. The van der Waals surface area contributed by atoms with Crippen molar-refractivity contribution in [3.63, 3.8) is 0 Å². The van der Waals surface area contributed by atoms with Gasteiger partial charge in [0.25, 0.3) is 0 Å². The summed E-state index contributed by atoms with van der Waals surface area (Å²) in [6.07, 6.45) is 0.415. The molecule has 0 saturated heterocycles. The molecule has 0 aliphatic carbocycles. The predicted molar refractivity (Wildman–Crippen MR) is 84.3 cm³/mol. The lowest BCUT2D eigenvalue weighted by atomic mass is 9.77. The molecule has 2 unspecified atom stereocenters. The van der Waals surface area contributed by atoms with E-state index in [2.05, 4.69) is 33.8 Å². The van der Waals surface area contributed by atoms with Crippen LogP contribution >= 0.6 is 0 Å². The van der Waals surface area contributed by atoms with Crippen molar-refractivity contribution in [1.82, 2.24) is 0 Å². The number of hydrogen-bond donors (Lipinski definition) is 0. The van der Waals surface area contributed by atoms with Crippen molar-refractivity contribution in [3.8, 4) is 11.8 Å². The van der Waals surface area contributed by atoms with Gasteiger partial charge in [0.05, 0.1) is 13.2 Å². The summed E-state index contributed by atoms with van der Waals surface area (Å²) in [5, 5.41) is 9.39. The van der Waals surface area contributed by atoms with Gasteiger partial charge in [-0.15, -0.1) is 0 Å². The summed E-state index contributed by atoms with van der Waals surface area (Å²) in [6, 6.07) is 7.66. The van der Waals surface area contributed by atoms with Crippen molar-refractivity contribution in [2.75, 3.05) is 7.11 Å². The highest BCUT2D eigenvalue weighted by Crippen LogP contribution is 2.31. The Hall–Kier alpha value is -1.82. The number of hydrogen-bond acceptors (Lipinski definition) is 3. The summed E-state index contributed by atoms with van der Waals surface area (Å²) < 4.78 is 5.27. The van der Waals surface area contributed by atoms with Gasteiger partial charge in [-0.2, -0.15) is 5.26 Å². The molecule has 0 aliphatic heterocycles. The maximum Gasteiger partial charge on any atom is 0.154 e. The number of ketones is 1. The van der Waals surface area contributed by atoms with E-state index in [1.807, 2.05) is 19.1 Å². The Balaban J connectivity index is 2.98. The molecule has 0 aromatic heterocycles. The lowest BCUT2D eigenvalue weighted by Crippen LogP contribution is -2.23. The van der Waals surface area contributed by atoms with Crippen LogP contribution in [0.4, 0.5) is 0 Å². The number of carbonyl (C=O) groups is 1. The molecule has 0 fully saturated rings.